The van der Waals surface area contributed by atoms with E-state index in [0.717, 1.165) is 11.1 Å². The largest absolute Gasteiger partial charge is 0.384 e. The van der Waals surface area contributed by atoms with Crippen LogP contribution in [0.5, 0.6) is 0 Å². The number of pyridine rings is 2. The summed E-state index contributed by atoms with van der Waals surface area (Å²) >= 11 is 0. The van der Waals surface area contributed by atoms with Gasteiger partial charge in [-0.2, -0.15) is 0 Å². The minimum Gasteiger partial charge on any atom is -0.384 e. The molecule has 0 spiro atoms. The zero-order valence-electron chi connectivity index (χ0n) is 15.1. The molecule has 2 aromatic heterocycles. The Morgan fingerprint density at radius 3 is 2.70 bits per heavy atom. The normalized spacial score (nSPS) is 10.3. The Morgan fingerprint density at radius 2 is 2.00 bits per heavy atom. The summed E-state index contributed by atoms with van der Waals surface area (Å²) in [6.45, 7) is 3.78. The van der Waals surface area contributed by atoms with E-state index in [2.05, 4.69) is 27.1 Å². The van der Waals surface area contributed by atoms with Gasteiger partial charge in [0.25, 0.3) is 5.91 Å². The number of hydrogen-bond acceptors (Lipinski definition) is 4. The van der Waals surface area contributed by atoms with Gasteiger partial charge in [-0.1, -0.05) is 35.7 Å². The number of aryl methyl sites for hydroxylation is 2. The maximum absolute atomic E-state index is 12.8. The lowest BCUT2D eigenvalue weighted by atomic mass is 10.1. The van der Waals surface area contributed by atoms with Crippen LogP contribution in [0.15, 0.2) is 41.3 Å². The smallest absolute Gasteiger partial charge is 0.257 e. The van der Waals surface area contributed by atoms with E-state index in [4.69, 9.17) is 5.11 Å². The number of hydrogen-bond donors (Lipinski definition) is 3. The van der Waals surface area contributed by atoms with E-state index in [0.29, 0.717) is 28.8 Å². The van der Waals surface area contributed by atoms with E-state index < -0.39 is 5.91 Å². The highest BCUT2D eigenvalue weighted by Gasteiger charge is 2.14. The molecule has 3 N–H and O–H groups in total. The van der Waals surface area contributed by atoms with E-state index in [9.17, 15) is 9.59 Å². The molecule has 0 atom stereocenters. The van der Waals surface area contributed by atoms with Crippen LogP contribution in [0.25, 0.3) is 10.9 Å². The van der Waals surface area contributed by atoms with Gasteiger partial charge in [0.15, 0.2) is 0 Å². The van der Waals surface area contributed by atoms with Crippen LogP contribution < -0.4 is 10.7 Å². The summed E-state index contributed by atoms with van der Waals surface area (Å²) < 4.78 is 0. The minimum atomic E-state index is -0.448. The summed E-state index contributed by atoms with van der Waals surface area (Å²) in [5.41, 5.74) is 3.26. The van der Waals surface area contributed by atoms with E-state index in [1.165, 1.54) is 12.3 Å². The van der Waals surface area contributed by atoms with Crippen LogP contribution in [0.1, 0.15) is 32.9 Å². The predicted molar refractivity (Wildman–Crippen MR) is 103 cm³/mol. The first kappa shape index (κ1) is 18.4. The summed E-state index contributed by atoms with van der Waals surface area (Å²) in [5, 5.41) is 11.9. The summed E-state index contributed by atoms with van der Waals surface area (Å²) in [6.07, 6.45) is 1.41. The molecular weight excluding hydrogens is 342 g/mol. The molecule has 0 unspecified atom stereocenters. The number of fused-ring (bicyclic) bond motifs is 1. The molecule has 6 heteroatoms. The van der Waals surface area contributed by atoms with Gasteiger partial charge in [0.1, 0.15) is 17.9 Å². The average Bonchev–Trinajstić information content (AvgIpc) is 2.66. The number of aliphatic hydroxyl groups excluding tert-OH is 1. The Balaban J connectivity index is 1.92. The summed E-state index contributed by atoms with van der Waals surface area (Å²) in [5.74, 6) is 4.75. The fourth-order valence-corrected chi connectivity index (χ4v) is 2.74. The Labute approximate surface area is 156 Å². The fourth-order valence-electron chi connectivity index (χ4n) is 2.74. The van der Waals surface area contributed by atoms with E-state index >= 15 is 0 Å². The van der Waals surface area contributed by atoms with Crippen LogP contribution >= 0.6 is 0 Å². The van der Waals surface area contributed by atoms with Crippen LogP contribution in [0, 0.1) is 25.7 Å². The summed E-state index contributed by atoms with van der Waals surface area (Å²) in [6, 6.07) is 9.33. The number of aliphatic hydroxyl groups is 1. The number of aromatic amines is 1. The number of carbonyl (C=O) groups excluding carboxylic acids is 1. The number of H-pyrrole nitrogens is 1. The zero-order valence-corrected chi connectivity index (χ0v) is 15.1. The Bertz CT molecular complexity index is 1120. The van der Waals surface area contributed by atoms with Crippen molar-refractivity contribution in [1.29, 1.82) is 0 Å². The van der Waals surface area contributed by atoms with Gasteiger partial charge in [-0.05, 0) is 31.4 Å². The van der Waals surface area contributed by atoms with E-state index in [1.807, 2.05) is 31.2 Å². The molecule has 0 saturated carbocycles. The third-order valence-corrected chi connectivity index (χ3v) is 4.16. The molecule has 0 aliphatic rings. The molecule has 3 aromatic rings. The number of rotatable bonds is 3. The SMILES string of the molecule is Cc1ccc(CNC(=O)c2c[nH]c3c(C)nc(C#CCO)cc3c2=O)cc1. The van der Waals surface area contributed by atoms with Gasteiger partial charge in [0.05, 0.1) is 16.6 Å². The van der Waals surface area contributed by atoms with Crippen LogP contribution in [-0.4, -0.2) is 27.6 Å². The molecule has 6 nitrogen and oxygen atoms in total. The number of carbonyl (C=O) groups is 1. The maximum Gasteiger partial charge on any atom is 0.257 e. The lowest BCUT2D eigenvalue weighted by Crippen LogP contribution is -2.28. The Kier molecular flexibility index (Phi) is 5.34. The standard InChI is InChI=1S/C21H19N3O3/c1-13-5-7-15(8-6-13)11-23-21(27)18-12-22-19-14(2)24-16(4-3-9-25)10-17(19)20(18)26/h5-8,10,12,25H,9,11H2,1-2H3,(H,22,26)(H,23,27). The molecule has 0 radical (unpaired) electrons. The Morgan fingerprint density at radius 1 is 1.26 bits per heavy atom. The first-order valence-electron chi connectivity index (χ1n) is 8.46. The topological polar surface area (TPSA) is 95.1 Å². The van der Waals surface area contributed by atoms with Crippen molar-refractivity contribution in [3.8, 4) is 11.8 Å². The van der Waals surface area contributed by atoms with Crippen molar-refractivity contribution in [2.24, 2.45) is 0 Å². The number of benzene rings is 1. The molecule has 1 amide bonds. The number of amides is 1. The third-order valence-electron chi connectivity index (χ3n) is 4.16. The van der Waals surface area contributed by atoms with Crippen molar-refractivity contribution < 1.29 is 9.90 Å². The first-order chi connectivity index (χ1) is 13.0. The van der Waals surface area contributed by atoms with Crippen molar-refractivity contribution in [2.75, 3.05) is 6.61 Å². The number of nitrogens with zero attached hydrogens (tertiary/aromatic N) is 1. The molecule has 0 aliphatic carbocycles. The predicted octanol–water partition coefficient (Wildman–Crippen LogP) is 1.81. The molecule has 0 bridgehead atoms. The average molecular weight is 361 g/mol. The van der Waals surface area contributed by atoms with Gasteiger partial charge in [0.2, 0.25) is 5.43 Å². The van der Waals surface area contributed by atoms with Crippen LogP contribution in [0.4, 0.5) is 0 Å². The van der Waals surface area contributed by atoms with Crippen molar-refractivity contribution in [2.45, 2.75) is 20.4 Å². The zero-order chi connectivity index (χ0) is 19.4. The lowest BCUT2D eigenvalue weighted by Gasteiger charge is -2.08. The van der Waals surface area contributed by atoms with Crippen molar-refractivity contribution >= 4 is 16.8 Å². The minimum absolute atomic E-state index is 0.0290. The number of aromatic nitrogens is 2. The maximum atomic E-state index is 12.8. The van der Waals surface area contributed by atoms with Gasteiger partial charge in [-0.15, -0.1) is 0 Å². The highest BCUT2D eigenvalue weighted by molar-refractivity contribution is 5.97. The summed E-state index contributed by atoms with van der Waals surface area (Å²) in [4.78, 5) is 32.5. The van der Waals surface area contributed by atoms with Crippen LogP contribution in [0.3, 0.4) is 0 Å². The highest BCUT2D eigenvalue weighted by atomic mass is 16.2. The second-order valence-corrected chi connectivity index (χ2v) is 6.18. The van der Waals surface area contributed by atoms with Crippen LogP contribution in [-0.2, 0) is 6.54 Å². The van der Waals surface area contributed by atoms with Crippen LogP contribution in [0.2, 0.25) is 0 Å². The Hall–Kier alpha value is -3.43. The summed E-state index contributed by atoms with van der Waals surface area (Å²) in [7, 11) is 0. The van der Waals surface area contributed by atoms with Crippen molar-refractivity contribution in [1.82, 2.24) is 15.3 Å². The second kappa shape index (κ2) is 7.85. The van der Waals surface area contributed by atoms with Gasteiger partial charge in [-0.25, -0.2) is 4.98 Å². The van der Waals surface area contributed by atoms with Gasteiger partial charge < -0.3 is 15.4 Å². The first-order valence-corrected chi connectivity index (χ1v) is 8.46. The monoisotopic (exact) mass is 361 g/mol. The molecule has 3 rings (SSSR count). The van der Waals surface area contributed by atoms with E-state index in [-0.39, 0.29) is 17.6 Å². The second-order valence-electron chi connectivity index (χ2n) is 6.18. The molecule has 136 valence electrons. The quantitative estimate of drug-likeness (QED) is 0.620. The van der Waals surface area contributed by atoms with Gasteiger partial charge >= 0.3 is 0 Å². The fraction of sp³-hybridized carbons (Fsp3) is 0.190. The van der Waals surface area contributed by atoms with Crippen molar-refractivity contribution in [3.63, 3.8) is 0 Å². The molecule has 1 aromatic carbocycles. The van der Waals surface area contributed by atoms with E-state index in [1.54, 1.807) is 6.92 Å². The highest BCUT2D eigenvalue weighted by Crippen LogP contribution is 2.13. The van der Waals surface area contributed by atoms with Gasteiger partial charge in [-0.3, -0.25) is 9.59 Å². The molecule has 0 aliphatic heterocycles. The number of nitrogens with one attached hydrogen (secondary N) is 2. The third kappa shape index (κ3) is 4.05. The lowest BCUT2D eigenvalue weighted by molar-refractivity contribution is 0.0949. The molecular formula is C21H19N3O3. The van der Waals surface area contributed by atoms with Gasteiger partial charge in [0, 0.05) is 12.7 Å². The molecule has 27 heavy (non-hydrogen) atoms. The molecule has 0 saturated heterocycles. The van der Waals surface area contributed by atoms with Crippen molar-refractivity contribution in [3.05, 3.63) is 74.8 Å². The molecule has 0 fully saturated rings. The molecule has 2 heterocycles.